The zero-order chi connectivity index (χ0) is 18.0. The number of carbonyl (C=O) groups excluding carboxylic acids is 1. The zero-order valence-electron chi connectivity index (χ0n) is 13.7. The number of nitrogens with one attached hydrogen (secondary N) is 1. The summed E-state index contributed by atoms with van der Waals surface area (Å²) in [6.07, 6.45) is 2.99. The van der Waals surface area contributed by atoms with Gasteiger partial charge in [-0.05, 0) is 31.5 Å². The molecule has 2 heterocycles. The molecule has 0 spiro atoms. The minimum atomic E-state index is -0.400. The van der Waals surface area contributed by atoms with Crippen molar-refractivity contribution in [3.63, 3.8) is 0 Å². The average Bonchev–Trinajstić information content (AvgIpc) is 3.16. The van der Waals surface area contributed by atoms with Gasteiger partial charge >= 0.3 is 0 Å². The minimum absolute atomic E-state index is 0.173. The number of hydrogen-bond acceptors (Lipinski definition) is 4. The monoisotopic (exact) mass is 362 g/mol. The van der Waals surface area contributed by atoms with Gasteiger partial charge < -0.3 is 0 Å². The van der Waals surface area contributed by atoms with E-state index in [9.17, 15) is 9.18 Å². The number of rotatable bonds is 5. The molecule has 0 fully saturated rings. The van der Waals surface area contributed by atoms with Gasteiger partial charge in [-0.15, -0.1) is 5.10 Å². The summed E-state index contributed by atoms with van der Waals surface area (Å²) in [7, 11) is 0. The van der Waals surface area contributed by atoms with Crippen LogP contribution in [0.25, 0.3) is 0 Å². The first-order valence-corrected chi connectivity index (χ1v) is 8.03. The van der Waals surface area contributed by atoms with Crippen LogP contribution in [0.15, 0.2) is 30.7 Å². The van der Waals surface area contributed by atoms with Crippen LogP contribution in [0.3, 0.4) is 0 Å². The summed E-state index contributed by atoms with van der Waals surface area (Å²) in [5.41, 5.74) is 1.95. The third-order valence-corrected chi connectivity index (χ3v) is 4.11. The number of hydrogen-bond donors (Lipinski definition) is 1. The number of aryl methyl sites for hydroxylation is 1. The summed E-state index contributed by atoms with van der Waals surface area (Å²) in [5.74, 6) is -0.551. The first kappa shape index (κ1) is 17.1. The fourth-order valence-corrected chi connectivity index (χ4v) is 2.64. The van der Waals surface area contributed by atoms with Crippen LogP contribution in [-0.4, -0.2) is 30.5 Å². The van der Waals surface area contributed by atoms with Crippen molar-refractivity contribution in [1.82, 2.24) is 24.5 Å². The van der Waals surface area contributed by atoms with Crippen LogP contribution in [0.5, 0.6) is 0 Å². The van der Waals surface area contributed by atoms with E-state index in [1.54, 1.807) is 10.7 Å². The van der Waals surface area contributed by atoms with Gasteiger partial charge in [-0.1, -0.05) is 17.7 Å². The van der Waals surface area contributed by atoms with Crippen molar-refractivity contribution in [2.75, 3.05) is 5.32 Å². The molecule has 7 nitrogen and oxygen atoms in total. The molecule has 130 valence electrons. The minimum Gasteiger partial charge on any atom is -0.289 e. The average molecular weight is 363 g/mol. The largest absolute Gasteiger partial charge is 0.289 e. The Morgan fingerprint density at radius 1 is 1.40 bits per heavy atom. The van der Waals surface area contributed by atoms with Crippen molar-refractivity contribution >= 4 is 23.5 Å². The summed E-state index contributed by atoms with van der Waals surface area (Å²) in [4.78, 5) is 16.4. The third-order valence-electron chi connectivity index (χ3n) is 3.76. The quantitative estimate of drug-likeness (QED) is 0.757. The predicted molar refractivity (Wildman–Crippen MR) is 91.1 cm³/mol. The van der Waals surface area contributed by atoms with E-state index in [0.717, 1.165) is 5.69 Å². The van der Waals surface area contributed by atoms with Crippen molar-refractivity contribution in [2.45, 2.75) is 26.9 Å². The molecule has 2 aromatic heterocycles. The number of nitrogens with zero attached hydrogens (tertiary/aromatic N) is 5. The summed E-state index contributed by atoms with van der Waals surface area (Å²) in [6.45, 7) is 4.78. The number of carbonyl (C=O) groups is 1. The lowest BCUT2D eigenvalue weighted by atomic mass is 10.2. The maximum Gasteiger partial charge on any atom is 0.261 e. The highest BCUT2D eigenvalue weighted by molar-refractivity contribution is 6.31. The molecule has 0 bridgehead atoms. The Labute approximate surface area is 148 Å². The van der Waals surface area contributed by atoms with E-state index >= 15 is 0 Å². The molecule has 25 heavy (non-hydrogen) atoms. The molecule has 0 saturated carbocycles. The van der Waals surface area contributed by atoms with E-state index in [4.69, 9.17) is 11.6 Å². The van der Waals surface area contributed by atoms with Crippen molar-refractivity contribution in [2.24, 2.45) is 0 Å². The molecule has 1 aromatic carbocycles. The molecule has 0 unspecified atom stereocenters. The molecule has 0 aliphatic heterocycles. The normalized spacial score (nSPS) is 10.9. The first-order valence-electron chi connectivity index (χ1n) is 7.65. The predicted octanol–water partition coefficient (Wildman–Crippen LogP) is 2.90. The lowest BCUT2D eigenvalue weighted by molar-refractivity contribution is 0.102. The maximum atomic E-state index is 13.1. The fourth-order valence-electron chi connectivity index (χ4n) is 2.41. The second-order valence-electron chi connectivity index (χ2n) is 5.42. The van der Waals surface area contributed by atoms with E-state index in [1.807, 2.05) is 13.8 Å². The Bertz CT molecular complexity index is 919. The van der Waals surface area contributed by atoms with E-state index < -0.39 is 5.82 Å². The zero-order valence-corrected chi connectivity index (χ0v) is 14.5. The molecule has 0 aliphatic carbocycles. The van der Waals surface area contributed by atoms with Crippen molar-refractivity contribution in [3.8, 4) is 0 Å². The second-order valence-corrected chi connectivity index (χ2v) is 5.82. The Kier molecular flexibility index (Phi) is 4.80. The Balaban J connectivity index is 1.71. The molecular weight excluding hydrogens is 347 g/mol. The van der Waals surface area contributed by atoms with Crippen molar-refractivity contribution < 1.29 is 9.18 Å². The number of benzene rings is 1. The van der Waals surface area contributed by atoms with Crippen LogP contribution in [0.2, 0.25) is 5.02 Å². The molecule has 1 amide bonds. The molecule has 3 rings (SSSR count). The second kappa shape index (κ2) is 7.02. The molecule has 0 atom stereocenters. The van der Waals surface area contributed by atoms with E-state index in [2.05, 4.69) is 20.5 Å². The van der Waals surface area contributed by atoms with Crippen LogP contribution < -0.4 is 5.32 Å². The van der Waals surface area contributed by atoms with Crippen LogP contribution in [0.1, 0.15) is 28.5 Å². The highest BCUT2D eigenvalue weighted by Gasteiger charge is 2.15. The lowest BCUT2D eigenvalue weighted by Gasteiger charge is -2.04. The molecule has 1 N–H and O–H groups in total. The molecule has 9 heteroatoms. The van der Waals surface area contributed by atoms with Crippen molar-refractivity contribution in [3.05, 3.63) is 58.4 Å². The Hall–Kier alpha value is -2.74. The first-order chi connectivity index (χ1) is 12.0. The number of aromatic nitrogens is 5. The highest BCUT2D eigenvalue weighted by atomic mass is 35.5. The Morgan fingerprint density at radius 2 is 2.20 bits per heavy atom. The van der Waals surface area contributed by atoms with Crippen LogP contribution >= 0.6 is 11.6 Å². The molecule has 0 aliphatic rings. The van der Waals surface area contributed by atoms with Crippen molar-refractivity contribution in [1.29, 1.82) is 0 Å². The van der Waals surface area contributed by atoms with Crippen LogP contribution in [0, 0.1) is 12.7 Å². The summed E-state index contributed by atoms with van der Waals surface area (Å²) in [5, 5.41) is 11.3. The standard InChI is InChI=1S/C16H16ClFN6O/c1-3-24-10(2)13(7-20-24)15(25)21-16-19-9-23(22-16)8-11-4-5-12(18)6-14(11)17/h4-7,9H,3,8H2,1-2H3,(H,21,22,25). The third kappa shape index (κ3) is 3.69. The molecular formula is C16H16ClFN6O. The van der Waals surface area contributed by atoms with Gasteiger partial charge in [-0.25, -0.2) is 14.1 Å². The Morgan fingerprint density at radius 3 is 2.88 bits per heavy atom. The van der Waals surface area contributed by atoms with Gasteiger partial charge in [0.05, 0.1) is 18.3 Å². The summed E-state index contributed by atoms with van der Waals surface area (Å²) < 4.78 is 16.3. The number of amides is 1. The summed E-state index contributed by atoms with van der Waals surface area (Å²) >= 11 is 6.00. The van der Waals surface area contributed by atoms with Crippen LogP contribution in [-0.2, 0) is 13.1 Å². The molecule has 0 saturated heterocycles. The van der Waals surface area contributed by atoms with Gasteiger partial charge in [0, 0.05) is 17.3 Å². The van der Waals surface area contributed by atoms with Crippen LogP contribution in [0.4, 0.5) is 10.3 Å². The van der Waals surface area contributed by atoms with Gasteiger partial charge in [0.2, 0.25) is 5.95 Å². The number of anilines is 1. The van der Waals surface area contributed by atoms with E-state index in [1.165, 1.54) is 29.3 Å². The molecule has 3 aromatic rings. The van der Waals surface area contributed by atoms with E-state index in [0.29, 0.717) is 29.2 Å². The highest BCUT2D eigenvalue weighted by Crippen LogP contribution is 2.18. The maximum absolute atomic E-state index is 13.1. The van der Waals surface area contributed by atoms with Gasteiger partial charge in [-0.2, -0.15) is 5.10 Å². The SMILES string of the molecule is CCn1ncc(C(=O)Nc2ncn(Cc3ccc(F)cc3Cl)n2)c1C. The lowest BCUT2D eigenvalue weighted by Crippen LogP contribution is -2.14. The smallest absolute Gasteiger partial charge is 0.261 e. The topological polar surface area (TPSA) is 77.6 Å². The van der Waals surface area contributed by atoms with Gasteiger partial charge in [-0.3, -0.25) is 14.8 Å². The van der Waals surface area contributed by atoms with Gasteiger partial charge in [0.25, 0.3) is 5.91 Å². The van der Waals surface area contributed by atoms with E-state index in [-0.39, 0.29) is 11.9 Å². The van der Waals surface area contributed by atoms with Gasteiger partial charge in [0.15, 0.2) is 0 Å². The number of halogens is 2. The van der Waals surface area contributed by atoms with Gasteiger partial charge in [0.1, 0.15) is 12.1 Å². The fraction of sp³-hybridized carbons (Fsp3) is 0.250. The summed E-state index contributed by atoms with van der Waals surface area (Å²) in [6, 6.07) is 4.15. The molecule has 0 radical (unpaired) electrons.